The quantitative estimate of drug-likeness (QED) is 0.763. The van der Waals surface area contributed by atoms with Crippen molar-refractivity contribution in [2.24, 2.45) is 5.73 Å². The van der Waals surface area contributed by atoms with E-state index in [0.29, 0.717) is 18.9 Å². The highest BCUT2D eigenvalue weighted by molar-refractivity contribution is 5.89. The summed E-state index contributed by atoms with van der Waals surface area (Å²) in [4.78, 5) is 12.8. The third kappa shape index (κ3) is 1.69. The van der Waals surface area contributed by atoms with Gasteiger partial charge in [0.15, 0.2) is 0 Å². The normalized spacial score (nSPS) is 18.9. The molecule has 5 heteroatoms. The van der Waals surface area contributed by atoms with Gasteiger partial charge in [-0.05, 0) is 18.2 Å². The van der Waals surface area contributed by atoms with Crippen molar-refractivity contribution in [2.75, 3.05) is 25.1 Å². The number of rotatable bonds is 2. The van der Waals surface area contributed by atoms with Gasteiger partial charge >= 0.3 is 5.97 Å². The Morgan fingerprint density at radius 3 is 3.06 bits per heavy atom. The number of nitrogens with zero attached hydrogens (tertiary/aromatic N) is 1. The molecule has 0 spiro atoms. The monoisotopic (exact) mass is 222 g/mol. The van der Waals surface area contributed by atoms with E-state index in [-0.39, 0.29) is 11.6 Å². The van der Waals surface area contributed by atoms with Gasteiger partial charge in [0, 0.05) is 13.6 Å². The molecule has 0 saturated heterocycles. The third-order valence-corrected chi connectivity index (χ3v) is 2.84. The number of carboxylic acid groups (broad SMARTS) is 1. The predicted octanol–water partition coefficient (Wildman–Crippen LogP) is 0.541. The summed E-state index contributed by atoms with van der Waals surface area (Å²) in [7, 11) is 1.89. The molecule has 1 atom stereocenters. The topological polar surface area (TPSA) is 75.8 Å². The van der Waals surface area contributed by atoms with Crippen LogP contribution in [-0.2, 0) is 0 Å². The Labute approximate surface area is 93.4 Å². The number of aromatic carboxylic acids is 1. The first-order valence-corrected chi connectivity index (χ1v) is 5.06. The number of nitrogens with two attached hydrogens (primary N) is 1. The predicted molar refractivity (Wildman–Crippen MR) is 60.1 cm³/mol. The molecule has 0 aromatic heterocycles. The highest BCUT2D eigenvalue weighted by atomic mass is 16.5. The molecule has 1 unspecified atom stereocenters. The maximum Gasteiger partial charge on any atom is 0.335 e. The molecular weight excluding hydrogens is 208 g/mol. The fourth-order valence-electron chi connectivity index (χ4n) is 1.77. The van der Waals surface area contributed by atoms with Crippen molar-refractivity contribution >= 4 is 11.7 Å². The maximum atomic E-state index is 10.9. The Balaban J connectivity index is 2.40. The van der Waals surface area contributed by atoms with Crippen LogP contribution in [-0.4, -0.2) is 37.3 Å². The van der Waals surface area contributed by atoms with Crippen molar-refractivity contribution in [3.8, 4) is 5.75 Å². The molecule has 1 aliphatic heterocycles. The van der Waals surface area contributed by atoms with Gasteiger partial charge in [-0.25, -0.2) is 4.79 Å². The minimum atomic E-state index is -0.939. The number of benzene rings is 1. The van der Waals surface area contributed by atoms with Crippen molar-refractivity contribution in [3.05, 3.63) is 23.8 Å². The zero-order valence-electron chi connectivity index (χ0n) is 9.01. The van der Waals surface area contributed by atoms with Gasteiger partial charge in [0.2, 0.25) is 0 Å². The Morgan fingerprint density at radius 2 is 2.44 bits per heavy atom. The third-order valence-electron chi connectivity index (χ3n) is 2.84. The first-order valence-electron chi connectivity index (χ1n) is 5.06. The molecule has 0 aliphatic carbocycles. The van der Waals surface area contributed by atoms with E-state index in [1.54, 1.807) is 12.1 Å². The summed E-state index contributed by atoms with van der Waals surface area (Å²) >= 11 is 0. The Hall–Kier alpha value is -1.75. The second kappa shape index (κ2) is 4.02. The minimum absolute atomic E-state index is 0.0940. The molecule has 86 valence electrons. The van der Waals surface area contributed by atoms with E-state index in [9.17, 15) is 4.79 Å². The summed E-state index contributed by atoms with van der Waals surface area (Å²) in [5.74, 6) is -0.233. The smallest absolute Gasteiger partial charge is 0.335 e. The number of carbonyl (C=O) groups is 1. The van der Waals surface area contributed by atoms with Gasteiger partial charge in [-0.3, -0.25) is 0 Å². The van der Waals surface area contributed by atoms with Gasteiger partial charge in [0.05, 0.1) is 17.3 Å². The van der Waals surface area contributed by atoms with Crippen molar-refractivity contribution < 1.29 is 14.6 Å². The van der Waals surface area contributed by atoms with Gasteiger partial charge in [-0.2, -0.15) is 0 Å². The van der Waals surface area contributed by atoms with E-state index >= 15 is 0 Å². The number of fused-ring (bicyclic) bond motifs is 1. The van der Waals surface area contributed by atoms with Crippen LogP contribution in [0.5, 0.6) is 5.75 Å². The second-order valence-electron chi connectivity index (χ2n) is 3.80. The molecule has 1 heterocycles. The number of hydrogen-bond donors (Lipinski definition) is 2. The molecule has 0 saturated carbocycles. The van der Waals surface area contributed by atoms with E-state index in [2.05, 4.69) is 0 Å². The standard InChI is InChI=1S/C11H14N2O3/c1-13-8(5-12)6-16-10-3-2-7(11(14)15)4-9(10)13/h2-4,8H,5-6,12H2,1H3,(H,14,15). The lowest BCUT2D eigenvalue weighted by Crippen LogP contribution is -2.45. The van der Waals surface area contributed by atoms with E-state index in [4.69, 9.17) is 15.6 Å². The fraction of sp³-hybridized carbons (Fsp3) is 0.364. The summed E-state index contributed by atoms with van der Waals surface area (Å²) < 4.78 is 5.52. The summed E-state index contributed by atoms with van der Waals surface area (Å²) in [6, 6.07) is 4.93. The number of hydrogen-bond acceptors (Lipinski definition) is 4. The SMILES string of the molecule is CN1c2cc(C(=O)O)ccc2OCC1CN. The summed E-state index contributed by atoms with van der Waals surface area (Å²) in [5.41, 5.74) is 6.65. The van der Waals surface area contributed by atoms with Crippen LogP contribution in [0.1, 0.15) is 10.4 Å². The number of ether oxygens (including phenoxy) is 1. The van der Waals surface area contributed by atoms with E-state index in [0.717, 1.165) is 5.69 Å². The molecular formula is C11H14N2O3. The Bertz CT molecular complexity index is 420. The minimum Gasteiger partial charge on any atom is -0.489 e. The molecule has 2 rings (SSSR count). The van der Waals surface area contributed by atoms with Crippen LogP contribution in [0.15, 0.2) is 18.2 Å². The lowest BCUT2D eigenvalue weighted by atomic mass is 10.1. The van der Waals surface area contributed by atoms with Crippen LogP contribution in [0.4, 0.5) is 5.69 Å². The second-order valence-corrected chi connectivity index (χ2v) is 3.80. The molecule has 3 N–H and O–H groups in total. The summed E-state index contributed by atoms with van der Waals surface area (Å²) in [6.07, 6.45) is 0. The van der Waals surface area contributed by atoms with Crippen molar-refractivity contribution in [1.82, 2.24) is 0 Å². The maximum absolute atomic E-state index is 10.9. The Morgan fingerprint density at radius 1 is 1.69 bits per heavy atom. The van der Waals surface area contributed by atoms with Gasteiger partial charge in [-0.1, -0.05) is 0 Å². The molecule has 0 radical (unpaired) electrons. The first-order chi connectivity index (χ1) is 7.63. The van der Waals surface area contributed by atoms with Gasteiger partial charge in [-0.15, -0.1) is 0 Å². The molecule has 0 bridgehead atoms. The van der Waals surface area contributed by atoms with Crippen LogP contribution in [0, 0.1) is 0 Å². The molecule has 1 aromatic carbocycles. The van der Waals surface area contributed by atoms with E-state index in [1.807, 2.05) is 11.9 Å². The average molecular weight is 222 g/mol. The number of likely N-dealkylation sites (N-methyl/N-ethyl adjacent to an activating group) is 1. The van der Waals surface area contributed by atoms with Crippen molar-refractivity contribution in [3.63, 3.8) is 0 Å². The highest BCUT2D eigenvalue weighted by Gasteiger charge is 2.24. The van der Waals surface area contributed by atoms with Crippen LogP contribution in [0.2, 0.25) is 0 Å². The zero-order valence-corrected chi connectivity index (χ0v) is 9.01. The van der Waals surface area contributed by atoms with Gasteiger partial charge in [0.1, 0.15) is 12.4 Å². The number of carboxylic acids is 1. The Kier molecular flexibility index (Phi) is 2.70. The molecule has 16 heavy (non-hydrogen) atoms. The number of anilines is 1. The molecule has 5 nitrogen and oxygen atoms in total. The molecule has 0 fully saturated rings. The average Bonchev–Trinajstić information content (AvgIpc) is 2.29. The van der Waals surface area contributed by atoms with Gasteiger partial charge in [0.25, 0.3) is 0 Å². The summed E-state index contributed by atoms with van der Waals surface area (Å²) in [6.45, 7) is 1.01. The van der Waals surface area contributed by atoms with Crippen LogP contribution in [0.25, 0.3) is 0 Å². The lowest BCUT2D eigenvalue weighted by molar-refractivity contribution is 0.0697. The highest BCUT2D eigenvalue weighted by Crippen LogP contribution is 2.33. The molecule has 0 amide bonds. The van der Waals surface area contributed by atoms with Crippen molar-refractivity contribution in [2.45, 2.75) is 6.04 Å². The van der Waals surface area contributed by atoms with Crippen LogP contribution < -0.4 is 15.4 Å². The summed E-state index contributed by atoms with van der Waals surface area (Å²) in [5, 5.41) is 8.91. The van der Waals surface area contributed by atoms with E-state index in [1.165, 1.54) is 6.07 Å². The van der Waals surface area contributed by atoms with Crippen LogP contribution in [0.3, 0.4) is 0 Å². The lowest BCUT2D eigenvalue weighted by Gasteiger charge is -2.35. The zero-order chi connectivity index (χ0) is 11.7. The molecule has 1 aromatic rings. The van der Waals surface area contributed by atoms with E-state index < -0.39 is 5.97 Å². The largest absolute Gasteiger partial charge is 0.489 e. The van der Waals surface area contributed by atoms with Crippen LogP contribution >= 0.6 is 0 Å². The van der Waals surface area contributed by atoms with Gasteiger partial charge < -0.3 is 20.5 Å². The molecule has 1 aliphatic rings. The van der Waals surface area contributed by atoms with Crippen molar-refractivity contribution in [1.29, 1.82) is 0 Å². The first kappa shape index (κ1) is 10.8. The fourth-order valence-corrected chi connectivity index (χ4v) is 1.77.